The van der Waals surface area contributed by atoms with Gasteiger partial charge in [-0.3, -0.25) is 9.59 Å². The zero-order valence-corrected chi connectivity index (χ0v) is 15.2. The van der Waals surface area contributed by atoms with Crippen LogP contribution in [-0.2, 0) is 13.1 Å². The molecule has 0 aliphatic rings. The lowest BCUT2D eigenvalue weighted by Crippen LogP contribution is -2.32. The van der Waals surface area contributed by atoms with E-state index in [1.54, 1.807) is 6.20 Å². The zero-order chi connectivity index (χ0) is 18.5. The Labute approximate surface area is 152 Å². The molecule has 1 aromatic carbocycles. The number of hydrogen-bond acceptors (Lipinski definition) is 3. The predicted molar refractivity (Wildman–Crippen MR) is 101 cm³/mol. The minimum absolute atomic E-state index is 0.119. The molecule has 3 rings (SSSR count). The van der Waals surface area contributed by atoms with Gasteiger partial charge < -0.3 is 9.88 Å². The first-order valence-corrected chi connectivity index (χ1v) is 9.02. The number of unbranched alkanes of at least 4 members (excludes halogenated alkanes) is 2. The van der Waals surface area contributed by atoms with Crippen LogP contribution in [0.5, 0.6) is 0 Å². The molecule has 3 aromatic rings. The molecular weight excluding hydrogens is 328 g/mol. The van der Waals surface area contributed by atoms with E-state index in [4.69, 9.17) is 0 Å². The predicted octanol–water partition coefficient (Wildman–Crippen LogP) is 2.92. The number of aromatic nitrogens is 3. The molecule has 0 radical (unpaired) electrons. The van der Waals surface area contributed by atoms with E-state index in [2.05, 4.69) is 17.3 Å². The largest absolute Gasteiger partial charge is 0.348 e. The van der Waals surface area contributed by atoms with E-state index in [0.717, 1.165) is 42.7 Å². The molecule has 1 amide bonds. The third kappa shape index (κ3) is 3.85. The smallest absolute Gasteiger partial charge is 0.287 e. The minimum Gasteiger partial charge on any atom is -0.348 e. The van der Waals surface area contributed by atoms with Gasteiger partial charge in [-0.15, -0.1) is 0 Å². The number of carbonyl (C=O) groups excluding carboxylic acids is 1. The summed E-state index contributed by atoms with van der Waals surface area (Å²) in [6.45, 7) is 5.12. The van der Waals surface area contributed by atoms with Crippen molar-refractivity contribution >= 4 is 11.6 Å². The van der Waals surface area contributed by atoms with Crippen LogP contribution in [0.2, 0.25) is 0 Å². The zero-order valence-electron chi connectivity index (χ0n) is 15.2. The first kappa shape index (κ1) is 17.9. The molecule has 136 valence electrons. The van der Waals surface area contributed by atoms with E-state index in [-0.39, 0.29) is 17.0 Å². The molecule has 0 unspecified atom stereocenters. The lowest BCUT2D eigenvalue weighted by atomic mass is 10.2. The molecule has 6 nitrogen and oxygen atoms in total. The fourth-order valence-electron chi connectivity index (χ4n) is 2.97. The molecule has 1 N–H and O–H groups in total. The maximum absolute atomic E-state index is 12.7. The number of benzene rings is 1. The van der Waals surface area contributed by atoms with Crippen LogP contribution >= 0.6 is 0 Å². The number of aryl methyl sites for hydroxylation is 2. The lowest BCUT2D eigenvalue weighted by Gasteiger charge is -2.11. The number of rotatable bonds is 7. The molecule has 0 saturated carbocycles. The van der Waals surface area contributed by atoms with Crippen molar-refractivity contribution in [2.24, 2.45) is 0 Å². The average molecular weight is 352 g/mol. The highest BCUT2D eigenvalue weighted by Crippen LogP contribution is 2.09. The van der Waals surface area contributed by atoms with Gasteiger partial charge in [0.05, 0.1) is 5.69 Å². The summed E-state index contributed by atoms with van der Waals surface area (Å²) < 4.78 is 3.28. The van der Waals surface area contributed by atoms with Crippen molar-refractivity contribution in [1.29, 1.82) is 0 Å². The topological polar surface area (TPSA) is 68.4 Å². The second-order valence-electron chi connectivity index (χ2n) is 6.47. The van der Waals surface area contributed by atoms with Crippen LogP contribution in [0.3, 0.4) is 0 Å². The molecule has 6 heteroatoms. The Morgan fingerprint density at radius 2 is 1.96 bits per heavy atom. The van der Waals surface area contributed by atoms with Crippen LogP contribution in [0.25, 0.3) is 5.65 Å². The molecule has 0 aliphatic carbocycles. The van der Waals surface area contributed by atoms with Gasteiger partial charge in [-0.05, 0) is 18.9 Å². The Hall–Kier alpha value is -2.89. The van der Waals surface area contributed by atoms with Gasteiger partial charge in [0.15, 0.2) is 0 Å². The molecule has 26 heavy (non-hydrogen) atoms. The van der Waals surface area contributed by atoms with Gasteiger partial charge in [-0.1, -0.05) is 50.1 Å². The maximum atomic E-state index is 12.7. The number of amides is 1. The molecule has 0 bridgehead atoms. The van der Waals surface area contributed by atoms with Gasteiger partial charge in [-0.2, -0.15) is 9.61 Å². The number of nitrogens with one attached hydrogen (secondary N) is 1. The highest BCUT2D eigenvalue weighted by molar-refractivity contribution is 5.93. The second-order valence-corrected chi connectivity index (χ2v) is 6.47. The standard InChI is InChI=1S/C20H24N4O2/c1-3-4-8-11-23-14-17(20(26)24-18(23)12-15(2)22-24)19(25)21-13-16-9-6-5-7-10-16/h5-7,9-10,12,14H,3-4,8,11,13H2,1-2H3,(H,21,25). The number of carbonyl (C=O) groups is 1. The molecule has 0 fully saturated rings. The summed E-state index contributed by atoms with van der Waals surface area (Å²) in [5.74, 6) is -0.377. The van der Waals surface area contributed by atoms with Crippen molar-refractivity contribution in [1.82, 2.24) is 19.5 Å². The fraction of sp³-hybridized carbons (Fsp3) is 0.350. The van der Waals surface area contributed by atoms with Gasteiger partial charge in [0.2, 0.25) is 0 Å². The average Bonchev–Trinajstić information content (AvgIpc) is 3.05. The van der Waals surface area contributed by atoms with E-state index in [0.29, 0.717) is 6.54 Å². The summed E-state index contributed by atoms with van der Waals surface area (Å²) in [6.07, 6.45) is 4.86. The summed E-state index contributed by atoms with van der Waals surface area (Å²) in [6, 6.07) is 11.5. The number of hydrogen-bond donors (Lipinski definition) is 1. The first-order chi connectivity index (χ1) is 12.6. The normalized spacial score (nSPS) is 11.0. The summed E-state index contributed by atoms with van der Waals surface area (Å²) in [5.41, 5.74) is 2.20. The number of fused-ring (bicyclic) bond motifs is 1. The molecule has 0 saturated heterocycles. The van der Waals surface area contributed by atoms with E-state index < -0.39 is 0 Å². The Morgan fingerprint density at radius 3 is 2.69 bits per heavy atom. The van der Waals surface area contributed by atoms with Gasteiger partial charge in [-0.25, -0.2) is 0 Å². The Morgan fingerprint density at radius 1 is 1.19 bits per heavy atom. The van der Waals surface area contributed by atoms with E-state index in [9.17, 15) is 9.59 Å². The second kappa shape index (κ2) is 7.99. The van der Waals surface area contributed by atoms with Crippen molar-refractivity contribution in [3.8, 4) is 0 Å². The highest BCUT2D eigenvalue weighted by atomic mass is 16.2. The molecule has 0 atom stereocenters. The van der Waals surface area contributed by atoms with E-state index in [1.807, 2.05) is 47.9 Å². The van der Waals surface area contributed by atoms with Crippen LogP contribution in [0, 0.1) is 6.92 Å². The third-order valence-electron chi connectivity index (χ3n) is 4.36. The maximum Gasteiger partial charge on any atom is 0.287 e. The summed E-state index contributed by atoms with van der Waals surface area (Å²) >= 11 is 0. The van der Waals surface area contributed by atoms with Gasteiger partial charge >= 0.3 is 0 Å². The van der Waals surface area contributed by atoms with Gasteiger partial charge in [0.25, 0.3) is 11.5 Å². The molecule has 2 heterocycles. The summed E-state index contributed by atoms with van der Waals surface area (Å²) in [4.78, 5) is 25.3. The fourth-order valence-corrected chi connectivity index (χ4v) is 2.97. The Bertz CT molecular complexity index is 957. The van der Waals surface area contributed by atoms with Crippen molar-refractivity contribution in [2.75, 3.05) is 0 Å². The van der Waals surface area contributed by atoms with Crippen LogP contribution in [0.4, 0.5) is 0 Å². The summed E-state index contributed by atoms with van der Waals surface area (Å²) in [5, 5.41) is 7.09. The minimum atomic E-state index is -0.384. The van der Waals surface area contributed by atoms with Crippen LogP contribution in [0.15, 0.2) is 47.4 Å². The molecule has 0 spiro atoms. The van der Waals surface area contributed by atoms with Gasteiger partial charge in [0, 0.05) is 25.4 Å². The molecular formula is C20H24N4O2. The van der Waals surface area contributed by atoms with E-state index >= 15 is 0 Å². The molecule has 2 aromatic heterocycles. The SMILES string of the molecule is CCCCCn1cc(C(=O)NCc2ccccc2)c(=O)n2nc(C)cc12. The first-order valence-electron chi connectivity index (χ1n) is 9.02. The Balaban J connectivity index is 1.90. The quantitative estimate of drug-likeness (QED) is 0.665. The van der Waals surface area contributed by atoms with Crippen molar-refractivity contribution in [3.05, 3.63) is 69.8 Å². The van der Waals surface area contributed by atoms with Crippen LogP contribution in [-0.4, -0.2) is 20.1 Å². The van der Waals surface area contributed by atoms with Crippen LogP contribution in [0.1, 0.15) is 47.8 Å². The lowest BCUT2D eigenvalue weighted by molar-refractivity contribution is 0.0948. The highest BCUT2D eigenvalue weighted by Gasteiger charge is 2.16. The van der Waals surface area contributed by atoms with Crippen molar-refractivity contribution in [3.63, 3.8) is 0 Å². The third-order valence-corrected chi connectivity index (χ3v) is 4.36. The van der Waals surface area contributed by atoms with Crippen molar-refractivity contribution < 1.29 is 4.79 Å². The number of nitrogens with zero attached hydrogens (tertiary/aromatic N) is 3. The monoisotopic (exact) mass is 352 g/mol. The van der Waals surface area contributed by atoms with Gasteiger partial charge in [0.1, 0.15) is 11.2 Å². The van der Waals surface area contributed by atoms with E-state index in [1.165, 1.54) is 4.52 Å². The van der Waals surface area contributed by atoms with Crippen LogP contribution < -0.4 is 10.9 Å². The van der Waals surface area contributed by atoms with Crippen molar-refractivity contribution in [2.45, 2.75) is 46.2 Å². The molecule has 0 aliphatic heterocycles. The Kier molecular flexibility index (Phi) is 5.51. The summed E-state index contributed by atoms with van der Waals surface area (Å²) in [7, 11) is 0.